The Kier molecular flexibility index (Phi) is 5.05. The van der Waals surface area contributed by atoms with Crippen molar-refractivity contribution in [2.24, 2.45) is 0 Å². The maximum absolute atomic E-state index is 12.8. The Morgan fingerprint density at radius 2 is 1.70 bits per heavy atom. The molecule has 1 aliphatic heterocycles. The van der Waals surface area contributed by atoms with Crippen LogP contribution in [0.5, 0.6) is 0 Å². The van der Waals surface area contributed by atoms with Gasteiger partial charge in [0, 0.05) is 11.3 Å². The molecule has 1 N–H and O–H groups in total. The van der Waals surface area contributed by atoms with Crippen LogP contribution in [-0.2, 0) is 6.54 Å². The van der Waals surface area contributed by atoms with E-state index in [1.807, 2.05) is 36.4 Å². The van der Waals surface area contributed by atoms with Gasteiger partial charge in [0.05, 0.1) is 28.3 Å². The number of amides is 3. The molecule has 0 aromatic heterocycles. The summed E-state index contributed by atoms with van der Waals surface area (Å²) in [6.07, 6.45) is 0. The lowest BCUT2D eigenvalue weighted by Gasteiger charge is -2.13. The molecule has 0 saturated heterocycles. The van der Waals surface area contributed by atoms with Crippen molar-refractivity contribution in [2.75, 3.05) is 5.32 Å². The van der Waals surface area contributed by atoms with Crippen LogP contribution < -0.4 is 5.32 Å². The second-order valence-electron chi connectivity index (χ2n) is 6.70. The normalized spacial score (nSPS) is 12.5. The first-order valence-electron chi connectivity index (χ1n) is 9.03. The Morgan fingerprint density at radius 3 is 2.40 bits per heavy atom. The van der Waals surface area contributed by atoms with Gasteiger partial charge < -0.3 is 5.32 Å². The van der Waals surface area contributed by atoms with E-state index in [-0.39, 0.29) is 34.2 Å². The summed E-state index contributed by atoms with van der Waals surface area (Å²) in [6.45, 7) is 0.165. The average molecular weight is 416 g/mol. The van der Waals surface area contributed by atoms with Gasteiger partial charge in [0.25, 0.3) is 17.7 Å². The van der Waals surface area contributed by atoms with Gasteiger partial charge in [-0.25, -0.2) is 0 Å². The number of rotatable bonds is 4. The largest absolute Gasteiger partial charge is 0.322 e. The van der Waals surface area contributed by atoms with Gasteiger partial charge in [0.2, 0.25) is 0 Å². The van der Waals surface area contributed by atoms with E-state index >= 15 is 0 Å². The number of imide groups is 1. The summed E-state index contributed by atoms with van der Waals surface area (Å²) in [5.74, 6) is -1.28. The van der Waals surface area contributed by atoms with Crippen molar-refractivity contribution in [3.8, 4) is 6.07 Å². The summed E-state index contributed by atoms with van der Waals surface area (Å²) >= 11 is 5.99. The molecule has 0 aliphatic carbocycles. The smallest absolute Gasteiger partial charge is 0.261 e. The molecule has 30 heavy (non-hydrogen) atoms. The second kappa shape index (κ2) is 7.82. The van der Waals surface area contributed by atoms with Crippen LogP contribution in [0, 0.1) is 11.3 Å². The number of nitrogens with zero attached hydrogens (tertiary/aromatic N) is 2. The number of halogens is 1. The van der Waals surface area contributed by atoms with Gasteiger partial charge in [-0.15, -0.1) is 0 Å². The van der Waals surface area contributed by atoms with E-state index in [1.165, 1.54) is 35.2 Å². The fourth-order valence-electron chi connectivity index (χ4n) is 3.23. The summed E-state index contributed by atoms with van der Waals surface area (Å²) in [5, 5.41) is 11.8. The number of benzene rings is 3. The van der Waals surface area contributed by atoms with E-state index in [0.717, 1.165) is 5.56 Å². The highest BCUT2D eigenvalue weighted by Gasteiger charge is 2.36. The van der Waals surface area contributed by atoms with Gasteiger partial charge in [0.1, 0.15) is 6.07 Å². The molecular formula is C23H14ClN3O3. The molecule has 3 amide bonds. The molecule has 0 bridgehead atoms. The molecule has 3 aromatic rings. The van der Waals surface area contributed by atoms with Crippen LogP contribution in [0.2, 0.25) is 5.02 Å². The average Bonchev–Trinajstić information content (AvgIpc) is 2.99. The Labute approximate surface area is 177 Å². The van der Waals surface area contributed by atoms with Crippen LogP contribution in [0.25, 0.3) is 0 Å². The zero-order valence-corrected chi connectivity index (χ0v) is 16.3. The van der Waals surface area contributed by atoms with Crippen LogP contribution in [0.15, 0.2) is 66.7 Å². The molecule has 1 aliphatic rings. The standard InChI is InChI=1S/C23H14ClN3O3/c24-20-11-17(8-6-16(20)12-25)26-21(28)15-7-9-18-19(10-15)23(30)27(22(18)29)13-14-4-2-1-3-5-14/h1-11H,13H2,(H,26,28). The van der Waals surface area contributed by atoms with Crippen molar-refractivity contribution < 1.29 is 14.4 Å². The van der Waals surface area contributed by atoms with Gasteiger partial charge in [0.15, 0.2) is 0 Å². The Hall–Kier alpha value is -3.95. The fraction of sp³-hybridized carbons (Fsp3) is 0.0435. The SMILES string of the molecule is N#Cc1ccc(NC(=O)c2ccc3c(c2)C(=O)N(Cc2ccccc2)C3=O)cc1Cl. The van der Waals surface area contributed by atoms with Crippen LogP contribution in [0.3, 0.4) is 0 Å². The topological polar surface area (TPSA) is 90.3 Å². The minimum atomic E-state index is -0.458. The first-order valence-corrected chi connectivity index (χ1v) is 9.41. The molecule has 7 heteroatoms. The molecule has 4 rings (SSSR count). The fourth-order valence-corrected chi connectivity index (χ4v) is 3.45. The monoisotopic (exact) mass is 415 g/mol. The molecule has 3 aromatic carbocycles. The number of anilines is 1. The van der Waals surface area contributed by atoms with Crippen LogP contribution in [0.4, 0.5) is 5.69 Å². The molecule has 0 atom stereocenters. The molecule has 146 valence electrons. The van der Waals surface area contributed by atoms with Gasteiger partial charge in [-0.1, -0.05) is 41.9 Å². The molecule has 0 saturated carbocycles. The Balaban J connectivity index is 1.56. The van der Waals surface area contributed by atoms with E-state index in [9.17, 15) is 14.4 Å². The molecule has 0 unspecified atom stereocenters. The number of carbonyl (C=O) groups is 3. The highest BCUT2D eigenvalue weighted by molar-refractivity contribution is 6.32. The minimum Gasteiger partial charge on any atom is -0.322 e. The van der Waals surface area contributed by atoms with E-state index in [4.69, 9.17) is 16.9 Å². The lowest BCUT2D eigenvalue weighted by Crippen LogP contribution is -2.29. The summed E-state index contributed by atoms with van der Waals surface area (Å²) in [7, 11) is 0. The predicted octanol–water partition coefficient (Wildman–Crippen LogP) is 4.26. The van der Waals surface area contributed by atoms with Gasteiger partial charge in [-0.2, -0.15) is 5.26 Å². The third-order valence-electron chi connectivity index (χ3n) is 4.76. The molecule has 1 heterocycles. The number of hydrogen-bond acceptors (Lipinski definition) is 4. The summed E-state index contributed by atoms with van der Waals surface area (Å²) < 4.78 is 0. The van der Waals surface area contributed by atoms with E-state index < -0.39 is 11.8 Å². The summed E-state index contributed by atoms with van der Waals surface area (Å²) in [5.41, 5.74) is 2.25. The number of hydrogen-bond donors (Lipinski definition) is 1. The van der Waals surface area contributed by atoms with Crippen LogP contribution in [-0.4, -0.2) is 22.6 Å². The van der Waals surface area contributed by atoms with Crippen molar-refractivity contribution >= 4 is 35.0 Å². The zero-order valence-electron chi connectivity index (χ0n) is 15.6. The summed E-state index contributed by atoms with van der Waals surface area (Å²) in [6, 6.07) is 20.1. The molecular weight excluding hydrogens is 402 g/mol. The molecule has 0 spiro atoms. The maximum Gasteiger partial charge on any atom is 0.261 e. The number of nitrogens with one attached hydrogen (secondary N) is 1. The van der Waals surface area contributed by atoms with Crippen molar-refractivity contribution in [3.63, 3.8) is 0 Å². The Morgan fingerprint density at radius 1 is 0.967 bits per heavy atom. The van der Waals surface area contributed by atoms with Crippen molar-refractivity contribution in [3.05, 3.63) is 99.6 Å². The quantitative estimate of drug-likeness (QED) is 0.644. The van der Waals surface area contributed by atoms with Gasteiger partial charge in [-0.05, 0) is 42.0 Å². The third-order valence-corrected chi connectivity index (χ3v) is 5.08. The van der Waals surface area contributed by atoms with Crippen molar-refractivity contribution in [2.45, 2.75) is 6.54 Å². The van der Waals surface area contributed by atoms with E-state index in [2.05, 4.69) is 5.32 Å². The Bertz CT molecular complexity index is 1230. The van der Waals surface area contributed by atoms with Crippen LogP contribution in [0.1, 0.15) is 42.2 Å². The second-order valence-corrected chi connectivity index (χ2v) is 7.11. The zero-order chi connectivity index (χ0) is 21.3. The number of carbonyl (C=O) groups excluding carboxylic acids is 3. The van der Waals surface area contributed by atoms with Crippen LogP contribution >= 0.6 is 11.6 Å². The predicted molar refractivity (Wildman–Crippen MR) is 111 cm³/mol. The first-order chi connectivity index (χ1) is 14.5. The van der Waals surface area contributed by atoms with Gasteiger partial charge >= 0.3 is 0 Å². The maximum atomic E-state index is 12.8. The lowest BCUT2D eigenvalue weighted by molar-refractivity contribution is 0.0642. The third kappa shape index (κ3) is 3.54. The molecule has 0 fully saturated rings. The van der Waals surface area contributed by atoms with Crippen molar-refractivity contribution in [1.82, 2.24) is 4.90 Å². The van der Waals surface area contributed by atoms with E-state index in [0.29, 0.717) is 11.3 Å². The molecule has 6 nitrogen and oxygen atoms in total. The van der Waals surface area contributed by atoms with E-state index in [1.54, 1.807) is 6.07 Å². The highest BCUT2D eigenvalue weighted by Crippen LogP contribution is 2.26. The number of fused-ring (bicyclic) bond motifs is 1. The van der Waals surface area contributed by atoms with Crippen molar-refractivity contribution in [1.29, 1.82) is 5.26 Å². The van der Waals surface area contributed by atoms with Gasteiger partial charge in [-0.3, -0.25) is 19.3 Å². The first kappa shape index (κ1) is 19.4. The highest BCUT2D eigenvalue weighted by atomic mass is 35.5. The lowest BCUT2D eigenvalue weighted by atomic mass is 10.1. The minimum absolute atomic E-state index is 0.165. The molecule has 0 radical (unpaired) electrons. The number of nitriles is 1. The summed E-state index contributed by atoms with van der Waals surface area (Å²) in [4.78, 5) is 39.2.